The number of hydrogen-bond donors (Lipinski definition) is 0. The van der Waals surface area contributed by atoms with Gasteiger partial charge in [0, 0.05) is 18.1 Å². The van der Waals surface area contributed by atoms with Crippen LogP contribution in [0.15, 0.2) is 12.2 Å². The lowest BCUT2D eigenvalue weighted by Crippen LogP contribution is -2.72. The Labute approximate surface area is 116 Å². The lowest BCUT2D eigenvalue weighted by Gasteiger charge is -2.55. The van der Waals surface area contributed by atoms with Crippen LogP contribution >= 0.6 is 0 Å². The standard InChI is InChI=1S/C15H23NO2S/c1-10-3-4-11(2)16(10)14-9-19(17,18)15(14)8-12-5-6-13(15)7-12/h5-6,10-14H,3-4,7-9H2,1-2H3/t10-,11+,12-,13-,14+,15-/m0/s1. The summed E-state index contributed by atoms with van der Waals surface area (Å²) in [6.07, 6.45) is 8.85. The average molecular weight is 281 g/mol. The fourth-order valence-corrected chi connectivity index (χ4v) is 7.99. The predicted molar refractivity (Wildman–Crippen MR) is 75.7 cm³/mol. The van der Waals surface area contributed by atoms with Crippen molar-refractivity contribution in [2.75, 3.05) is 5.75 Å². The maximum atomic E-state index is 12.6. The van der Waals surface area contributed by atoms with Crippen LogP contribution in [-0.2, 0) is 9.84 Å². The second kappa shape index (κ2) is 3.64. The Morgan fingerprint density at radius 3 is 2.32 bits per heavy atom. The minimum absolute atomic E-state index is 0.282. The van der Waals surface area contributed by atoms with Gasteiger partial charge in [0.05, 0.1) is 10.5 Å². The molecule has 19 heavy (non-hydrogen) atoms. The minimum Gasteiger partial charge on any atom is -0.292 e. The van der Waals surface area contributed by atoms with Crippen molar-refractivity contribution in [1.82, 2.24) is 4.90 Å². The van der Waals surface area contributed by atoms with Crippen molar-refractivity contribution in [3.05, 3.63) is 12.2 Å². The van der Waals surface area contributed by atoms with Crippen molar-refractivity contribution in [3.63, 3.8) is 0 Å². The van der Waals surface area contributed by atoms with E-state index in [1.807, 2.05) is 0 Å². The molecule has 4 heteroatoms. The van der Waals surface area contributed by atoms with Crippen LogP contribution in [0.4, 0.5) is 0 Å². The summed E-state index contributed by atoms with van der Waals surface area (Å²) in [4.78, 5) is 2.54. The van der Waals surface area contributed by atoms with Crippen molar-refractivity contribution in [3.8, 4) is 0 Å². The van der Waals surface area contributed by atoms with Crippen LogP contribution in [0.25, 0.3) is 0 Å². The van der Waals surface area contributed by atoms with Gasteiger partial charge in [0.1, 0.15) is 0 Å². The summed E-state index contributed by atoms with van der Waals surface area (Å²) < 4.78 is 24.7. The van der Waals surface area contributed by atoms with E-state index in [1.165, 1.54) is 12.8 Å². The van der Waals surface area contributed by atoms with Crippen molar-refractivity contribution >= 4 is 9.84 Å². The predicted octanol–water partition coefficient (Wildman–Crippen LogP) is 1.99. The number of fused-ring (bicyclic) bond motifs is 3. The third-order valence-electron chi connectivity index (χ3n) is 6.28. The molecule has 3 nitrogen and oxygen atoms in total. The van der Waals surface area contributed by atoms with Gasteiger partial charge < -0.3 is 0 Å². The zero-order valence-electron chi connectivity index (χ0n) is 11.7. The highest BCUT2D eigenvalue weighted by Crippen LogP contribution is 2.59. The molecule has 0 N–H and O–H groups in total. The zero-order valence-corrected chi connectivity index (χ0v) is 12.6. The van der Waals surface area contributed by atoms with Crippen molar-refractivity contribution in [2.45, 2.75) is 62.4 Å². The van der Waals surface area contributed by atoms with Gasteiger partial charge in [-0.1, -0.05) is 12.2 Å². The van der Waals surface area contributed by atoms with Crippen molar-refractivity contribution in [2.24, 2.45) is 11.8 Å². The summed E-state index contributed by atoms with van der Waals surface area (Å²) in [5.41, 5.74) is 0. The Hall–Kier alpha value is -0.350. The molecule has 1 saturated carbocycles. The smallest absolute Gasteiger partial charge is 0.159 e. The Morgan fingerprint density at radius 2 is 1.84 bits per heavy atom. The maximum absolute atomic E-state index is 12.6. The van der Waals surface area contributed by atoms with Gasteiger partial charge in [0.15, 0.2) is 9.84 Å². The van der Waals surface area contributed by atoms with Crippen LogP contribution in [0.1, 0.15) is 39.5 Å². The molecule has 2 aliphatic heterocycles. The maximum Gasteiger partial charge on any atom is 0.159 e. The first-order valence-corrected chi connectivity index (χ1v) is 9.29. The Kier molecular flexibility index (Phi) is 2.38. The fourth-order valence-electron chi connectivity index (χ4n) is 5.37. The summed E-state index contributed by atoms with van der Waals surface area (Å²) in [5, 5.41) is 0. The minimum atomic E-state index is -2.88. The zero-order chi connectivity index (χ0) is 13.4. The van der Waals surface area contributed by atoms with Gasteiger partial charge in [-0.3, -0.25) is 4.90 Å². The molecule has 1 spiro atoms. The van der Waals surface area contributed by atoms with Crippen molar-refractivity contribution < 1.29 is 8.42 Å². The SMILES string of the molecule is C[C@@H]1CC[C@H](C)N1[C@@H]1CS(=O)(=O)[C@]12C[C@H]1C=C[C@H]2C1. The fraction of sp³-hybridized carbons (Fsp3) is 0.867. The van der Waals surface area contributed by atoms with E-state index in [4.69, 9.17) is 0 Å². The third-order valence-corrected chi connectivity index (χ3v) is 8.94. The number of likely N-dealkylation sites (tertiary alicyclic amines) is 1. The molecule has 4 rings (SSSR count). The number of hydrogen-bond acceptors (Lipinski definition) is 3. The molecule has 0 amide bonds. The van der Waals surface area contributed by atoms with E-state index in [0.717, 1.165) is 12.8 Å². The van der Waals surface area contributed by atoms with Crippen LogP contribution in [0.2, 0.25) is 0 Å². The Morgan fingerprint density at radius 1 is 1.16 bits per heavy atom. The number of rotatable bonds is 1. The molecule has 2 bridgehead atoms. The van der Waals surface area contributed by atoms with Gasteiger partial charge in [-0.2, -0.15) is 0 Å². The number of allylic oxidation sites excluding steroid dienone is 2. The summed E-state index contributed by atoms with van der Waals surface area (Å²) in [6.45, 7) is 4.54. The summed E-state index contributed by atoms with van der Waals surface area (Å²) in [7, 11) is -2.88. The molecule has 6 atom stereocenters. The summed E-state index contributed by atoms with van der Waals surface area (Å²) >= 11 is 0. The highest BCUT2D eigenvalue weighted by Gasteiger charge is 2.70. The lowest BCUT2D eigenvalue weighted by atomic mass is 9.83. The number of nitrogens with zero attached hydrogens (tertiary/aromatic N) is 1. The molecule has 106 valence electrons. The Balaban J connectivity index is 1.73. The van der Waals surface area contributed by atoms with Gasteiger partial charge in [0.25, 0.3) is 0 Å². The first kappa shape index (κ1) is 12.4. The van der Waals surface area contributed by atoms with E-state index in [0.29, 0.717) is 29.7 Å². The molecular formula is C15H23NO2S. The van der Waals surface area contributed by atoms with Crippen LogP contribution in [0.5, 0.6) is 0 Å². The molecular weight excluding hydrogens is 258 g/mol. The van der Waals surface area contributed by atoms with Gasteiger partial charge in [-0.25, -0.2) is 8.42 Å². The van der Waals surface area contributed by atoms with E-state index >= 15 is 0 Å². The van der Waals surface area contributed by atoms with Crippen LogP contribution < -0.4 is 0 Å². The molecule has 0 unspecified atom stereocenters. The van der Waals surface area contributed by atoms with Crippen LogP contribution in [0.3, 0.4) is 0 Å². The molecule has 4 aliphatic rings. The lowest BCUT2D eigenvalue weighted by molar-refractivity contribution is 0.0949. The van der Waals surface area contributed by atoms with Gasteiger partial charge >= 0.3 is 0 Å². The van der Waals surface area contributed by atoms with E-state index in [-0.39, 0.29) is 6.04 Å². The summed E-state index contributed by atoms with van der Waals surface area (Å²) in [6, 6.07) is 1.39. The third kappa shape index (κ3) is 1.35. The second-order valence-corrected chi connectivity index (χ2v) is 9.49. The largest absolute Gasteiger partial charge is 0.292 e. The normalized spacial score (nSPS) is 54.9. The van der Waals surface area contributed by atoms with Gasteiger partial charge in [-0.15, -0.1) is 0 Å². The second-order valence-electron chi connectivity index (χ2n) is 7.17. The molecule has 0 aromatic heterocycles. The van der Waals surface area contributed by atoms with Crippen molar-refractivity contribution in [1.29, 1.82) is 0 Å². The van der Waals surface area contributed by atoms with E-state index < -0.39 is 14.6 Å². The van der Waals surface area contributed by atoms with Gasteiger partial charge in [-0.05, 0) is 51.4 Å². The molecule has 2 saturated heterocycles. The first-order valence-electron chi connectivity index (χ1n) is 7.64. The molecule has 2 heterocycles. The quantitative estimate of drug-likeness (QED) is 0.690. The van der Waals surface area contributed by atoms with Crippen LogP contribution in [0, 0.1) is 11.8 Å². The van der Waals surface area contributed by atoms with E-state index in [1.54, 1.807) is 0 Å². The average Bonchev–Trinajstić information content (AvgIpc) is 3.03. The van der Waals surface area contributed by atoms with E-state index in [2.05, 4.69) is 30.9 Å². The number of sulfone groups is 1. The Bertz CT molecular complexity index is 530. The molecule has 2 aliphatic carbocycles. The molecule has 0 aromatic carbocycles. The van der Waals surface area contributed by atoms with Gasteiger partial charge in [0.2, 0.25) is 0 Å². The molecule has 0 radical (unpaired) electrons. The highest BCUT2D eigenvalue weighted by molar-refractivity contribution is 7.94. The topological polar surface area (TPSA) is 37.4 Å². The molecule has 3 fully saturated rings. The summed E-state index contributed by atoms with van der Waals surface area (Å²) in [5.74, 6) is 1.22. The monoisotopic (exact) mass is 281 g/mol. The molecule has 0 aromatic rings. The van der Waals surface area contributed by atoms with Crippen LogP contribution in [-0.4, -0.2) is 41.9 Å². The van der Waals surface area contributed by atoms with E-state index in [9.17, 15) is 8.42 Å². The highest BCUT2D eigenvalue weighted by atomic mass is 32.2. The first-order chi connectivity index (χ1) is 8.96.